The molecule has 3 nitrogen and oxygen atoms in total. The predicted octanol–water partition coefficient (Wildman–Crippen LogP) is 2.24. The Morgan fingerprint density at radius 2 is 2.22 bits per heavy atom. The Bertz CT molecular complexity index is 407. The molecule has 18 heavy (non-hydrogen) atoms. The van der Waals surface area contributed by atoms with Gasteiger partial charge in [-0.05, 0) is 49.6 Å². The number of amides is 1. The second kappa shape index (κ2) is 7.11. The number of carbonyl (C=O) groups is 1. The van der Waals surface area contributed by atoms with Gasteiger partial charge in [0, 0.05) is 12.1 Å². The zero-order chi connectivity index (χ0) is 13.5. The summed E-state index contributed by atoms with van der Waals surface area (Å²) < 4.78 is 13.1. The first-order valence-corrected chi connectivity index (χ1v) is 6.32. The van der Waals surface area contributed by atoms with Gasteiger partial charge in [0.15, 0.2) is 0 Å². The van der Waals surface area contributed by atoms with Gasteiger partial charge in [0.1, 0.15) is 5.82 Å². The molecular formula is C14H21FN2O. The molecule has 0 saturated heterocycles. The van der Waals surface area contributed by atoms with Crippen LogP contribution in [0.5, 0.6) is 0 Å². The Hall–Kier alpha value is -1.42. The van der Waals surface area contributed by atoms with Crippen LogP contribution in [0.3, 0.4) is 0 Å². The third-order valence-corrected chi connectivity index (χ3v) is 3.12. The van der Waals surface area contributed by atoms with E-state index >= 15 is 0 Å². The fraction of sp³-hybridized carbons (Fsp3) is 0.500. The zero-order valence-electron chi connectivity index (χ0n) is 11.0. The molecule has 0 aliphatic heterocycles. The summed E-state index contributed by atoms with van der Waals surface area (Å²) >= 11 is 0. The van der Waals surface area contributed by atoms with Crippen molar-refractivity contribution in [3.63, 3.8) is 0 Å². The van der Waals surface area contributed by atoms with Crippen LogP contribution >= 0.6 is 0 Å². The summed E-state index contributed by atoms with van der Waals surface area (Å²) in [4.78, 5) is 11.9. The Kier molecular flexibility index (Phi) is 5.78. The first-order chi connectivity index (χ1) is 8.58. The second-order valence-corrected chi connectivity index (χ2v) is 4.53. The van der Waals surface area contributed by atoms with Gasteiger partial charge in [-0.1, -0.05) is 13.3 Å². The lowest BCUT2D eigenvalue weighted by Crippen LogP contribution is -2.30. The van der Waals surface area contributed by atoms with E-state index < -0.39 is 0 Å². The highest BCUT2D eigenvalue weighted by Gasteiger charge is 2.10. The van der Waals surface area contributed by atoms with Crippen LogP contribution in [-0.2, 0) is 0 Å². The van der Waals surface area contributed by atoms with Crippen molar-refractivity contribution in [3.05, 3.63) is 35.1 Å². The fourth-order valence-electron chi connectivity index (χ4n) is 1.81. The van der Waals surface area contributed by atoms with E-state index in [4.69, 9.17) is 5.73 Å². The highest BCUT2D eigenvalue weighted by Crippen LogP contribution is 2.10. The minimum Gasteiger partial charge on any atom is -0.352 e. The van der Waals surface area contributed by atoms with Gasteiger partial charge in [0.2, 0.25) is 0 Å². The van der Waals surface area contributed by atoms with Gasteiger partial charge in [0.25, 0.3) is 5.91 Å². The SMILES string of the molecule is CCC(CCN)CNC(=O)c1ccc(F)c(C)c1. The van der Waals surface area contributed by atoms with Crippen LogP contribution in [-0.4, -0.2) is 19.0 Å². The normalized spacial score (nSPS) is 12.2. The van der Waals surface area contributed by atoms with E-state index in [-0.39, 0.29) is 11.7 Å². The van der Waals surface area contributed by atoms with Gasteiger partial charge in [-0.2, -0.15) is 0 Å². The van der Waals surface area contributed by atoms with E-state index in [0.717, 1.165) is 12.8 Å². The largest absolute Gasteiger partial charge is 0.352 e. The molecule has 100 valence electrons. The van der Waals surface area contributed by atoms with Crippen LogP contribution in [0.2, 0.25) is 0 Å². The van der Waals surface area contributed by atoms with Crippen molar-refractivity contribution in [2.75, 3.05) is 13.1 Å². The number of carbonyl (C=O) groups excluding carboxylic acids is 1. The molecule has 1 aromatic carbocycles. The summed E-state index contributed by atoms with van der Waals surface area (Å²) in [6.45, 7) is 4.97. The maximum absolute atomic E-state index is 13.1. The summed E-state index contributed by atoms with van der Waals surface area (Å²) in [6.07, 6.45) is 1.89. The molecule has 0 saturated carbocycles. The molecule has 3 N–H and O–H groups in total. The van der Waals surface area contributed by atoms with Crippen LogP contribution in [0.15, 0.2) is 18.2 Å². The Labute approximate surface area is 108 Å². The minimum atomic E-state index is -0.291. The topological polar surface area (TPSA) is 55.1 Å². The van der Waals surface area contributed by atoms with Crippen LogP contribution < -0.4 is 11.1 Å². The molecule has 0 bridgehead atoms. The highest BCUT2D eigenvalue weighted by atomic mass is 19.1. The van der Waals surface area contributed by atoms with E-state index in [1.165, 1.54) is 12.1 Å². The van der Waals surface area contributed by atoms with Crippen molar-refractivity contribution in [1.29, 1.82) is 0 Å². The van der Waals surface area contributed by atoms with E-state index in [9.17, 15) is 9.18 Å². The van der Waals surface area contributed by atoms with Gasteiger partial charge in [-0.3, -0.25) is 4.79 Å². The van der Waals surface area contributed by atoms with Crippen LogP contribution in [0, 0.1) is 18.7 Å². The molecule has 0 aliphatic carbocycles. The molecule has 0 fully saturated rings. The fourth-order valence-corrected chi connectivity index (χ4v) is 1.81. The van der Waals surface area contributed by atoms with Crippen molar-refractivity contribution < 1.29 is 9.18 Å². The summed E-state index contributed by atoms with van der Waals surface area (Å²) in [5.74, 6) is -0.0461. The molecule has 0 spiro atoms. The number of rotatable bonds is 6. The maximum Gasteiger partial charge on any atom is 0.251 e. The lowest BCUT2D eigenvalue weighted by atomic mass is 10.0. The lowest BCUT2D eigenvalue weighted by Gasteiger charge is -2.14. The molecule has 0 aliphatic rings. The summed E-state index contributed by atoms with van der Waals surface area (Å²) in [7, 11) is 0. The number of hydrogen-bond acceptors (Lipinski definition) is 2. The Balaban J connectivity index is 2.57. The van der Waals surface area contributed by atoms with Gasteiger partial charge in [0.05, 0.1) is 0 Å². The van der Waals surface area contributed by atoms with Crippen molar-refractivity contribution in [1.82, 2.24) is 5.32 Å². The highest BCUT2D eigenvalue weighted by molar-refractivity contribution is 5.94. The smallest absolute Gasteiger partial charge is 0.251 e. The molecule has 0 radical (unpaired) electrons. The zero-order valence-corrected chi connectivity index (χ0v) is 11.0. The molecule has 0 aromatic heterocycles. The van der Waals surface area contributed by atoms with Crippen molar-refractivity contribution in [3.8, 4) is 0 Å². The molecule has 4 heteroatoms. The predicted molar refractivity (Wildman–Crippen MR) is 70.9 cm³/mol. The molecule has 1 aromatic rings. The third-order valence-electron chi connectivity index (χ3n) is 3.12. The molecule has 1 atom stereocenters. The average Bonchev–Trinajstić information content (AvgIpc) is 2.37. The van der Waals surface area contributed by atoms with Gasteiger partial charge < -0.3 is 11.1 Å². The quantitative estimate of drug-likeness (QED) is 0.815. The summed E-state index contributed by atoms with van der Waals surface area (Å²) in [5, 5.41) is 2.86. The Morgan fingerprint density at radius 1 is 1.50 bits per heavy atom. The van der Waals surface area contributed by atoms with Crippen molar-refractivity contribution >= 4 is 5.91 Å². The monoisotopic (exact) mass is 252 g/mol. The van der Waals surface area contributed by atoms with Gasteiger partial charge >= 0.3 is 0 Å². The second-order valence-electron chi connectivity index (χ2n) is 4.53. The maximum atomic E-state index is 13.1. The number of hydrogen-bond donors (Lipinski definition) is 2. The van der Waals surface area contributed by atoms with E-state index in [1.54, 1.807) is 13.0 Å². The molecule has 0 heterocycles. The number of aryl methyl sites for hydroxylation is 1. The summed E-state index contributed by atoms with van der Waals surface area (Å²) in [5.41, 5.74) is 6.48. The molecule has 1 unspecified atom stereocenters. The minimum absolute atomic E-state index is 0.159. The number of nitrogens with two attached hydrogens (primary N) is 1. The number of halogens is 1. The molecule has 1 rings (SSSR count). The van der Waals surface area contributed by atoms with E-state index in [0.29, 0.717) is 30.1 Å². The lowest BCUT2D eigenvalue weighted by molar-refractivity contribution is 0.0946. The summed E-state index contributed by atoms with van der Waals surface area (Å²) in [6, 6.07) is 4.39. The van der Waals surface area contributed by atoms with Crippen LogP contribution in [0.25, 0.3) is 0 Å². The molecule has 1 amide bonds. The van der Waals surface area contributed by atoms with Gasteiger partial charge in [-0.15, -0.1) is 0 Å². The van der Waals surface area contributed by atoms with Crippen molar-refractivity contribution in [2.45, 2.75) is 26.7 Å². The first kappa shape index (κ1) is 14.6. The van der Waals surface area contributed by atoms with Gasteiger partial charge in [-0.25, -0.2) is 4.39 Å². The van der Waals surface area contributed by atoms with Crippen LogP contribution in [0.1, 0.15) is 35.7 Å². The van der Waals surface area contributed by atoms with E-state index in [1.807, 2.05) is 0 Å². The average molecular weight is 252 g/mol. The number of nitrogens with one attached hydrogen (secondary N) is 1. The Morgan fingerprint density at radius 3 is 2.78 bits per heavy atom. The molecular weight excluding hydrogens is 231 g/mol. The number of benzene rings is 1. The van der Waals surface area contributed by atoms with Crippen LogP contribution in [0.4, 0.5) is 4.39 Å². The van der Waals surface area contributed by atoms with Crippen molar-refractivity contribution in [2.24, 2.45) is 11.7 Å². The third kappa shape index (κ3) is 4.11. The first-order valence-electron chi connectivity index (χ1n) is 6.32. The van der Waals surface area contributed by atoms with E-state index in [2.05, 4.69) is 12.2 Å². The standard InChI is InChI=1S/C14H21FN2O/c1-3-11(6-7-16)9-17-14(18)12-4-5-13(15)10(2)8-12/h4-5,8,11H,3,6-7,9,16H2,1-2H3,(H,17,18).